The van der Waals surface area contributed by atoms with E-state index in [0.717, 1.165) is 0 Å². The third-order valence-corrected chi connectivity index (χ3v) is 5.73. The van der Waals surface area contributed by atoms with Crippen LogP contribution in [-0.4, -0.2) is 64.2 Å². The Hall–Kier alpha value is -0.280. The molecule has 7 nitrogen and oxygen atoms in total. The van der Waals surface area contributed by atoms with Crippen LogP contribution in [0.2, 0.25) is 0 Å². The van der Waals surface area contributed by atoms with Gasteiger partial charge in [0.2, 0.25) is 5.79 Å². The summed E-state index contributed by atoms with van der Waals surface area (Å²) in [5.74, 6) is -3.14. The molecule has 146 valence electrons. The SMILES string of the molecule is CCC(O)(CC)C[C@@]1(O)[C@@H]2OC(C)(C)O[C@@H]2CO[C@]12COC(C)(C)O2. The second-order valence-corrected chi connectivity index (χ2v) is 8.48. The first-order valence-electron chi connectivity index (χ1n) is 9.18. The average Bonchev–Trinajstić information content (AvgIpc) is 3.01. The van der Waals surface area contributed by atoms with Crippen molar-refractivity contribution in [2.45, 2.75) is 102 Å². The predicted molar refractivity (Wildman–Crippen MR) is 88.7 cm³/mol. The first-order valence-corrected chi connectivity index (χ1v) is 9.18. The lowest BCUT2D eigenvalue weighted by atomic mass is 9.73. The van der Waals surface area contributed by atoms with Crippen LogP contribution < -0.4 is 0 Å². The maximum absolute atomic E-state index is 11.9. The Morgan fingerprint density at radius 3 is 2.16 bits per heavy atom. The van der Waals surface area contributed by atoms with Crippen LogP contribution in [0.4, 0.5) is 0 Å². The minimum atomic E-state index is -1.61. The predicted octanol–water partition coefficient (Wildman–Crippen LogP) is 1.69. The highest BCUT2D eigenvalue weighted by molar-refractivity contribution is 5.13. The number of hydrogen-bond acceptors (Lipinski definition) is 7. The normalized spacial score (nSPS) is 42.7. The monoisotopic (exact) mass is 360 g/mol. The summed E-state index contributed by atoms with van der Waals surface area (Å²) in [6, 6.07) is 0. The summed E-state index contributed by atoms with van der Waals surface area (Å²) in [4.78, 5) is 0. The Labute approximate surface area is 149 Å². The molecule has 0 bridgehead atoms. The summed E-state index contributed by atoms with van der Waals surface area (Å²) >= 11 is 0. The van der Waals surface area contributed by atoms with E-state index >= 15 is 0 Å². The van der Waals surface area contributed by atoms with Gasteiger partial charge < -0.3 is 33.9 Å². The molecule has 25 heavy (non-hydrogen) atoms. The minimum Gasteiger partial charge on any atom is -0.390 e. The zero-order valence-electron chi connectivity index (χ0n) is 16.1. The van der Waals surface area contributed by atoms with Crippen molar-refractivity contribution in [3.05, 3.63) is 0 Å². The van der Waals surface area contributed by atoms with Crippen LogP contribution in [0.5, 0.6) is 0 Å². The van der Waals surface area contributed by atoms with E-state index in [2.05, 4.69) is 0 Å². The van der Waals surface area contributed by atoms with Gasteiger partial charge >= 0.3 is 0 Å². The van der Waals surface area contributed by atoms with Gasteiger partial charge in [0, 0.05) is 6.42 Å². The molecule has 0 aromatic carbocycles. The van der Waals surface area contributed by atoms with Crippen molar-refractivity contribution in [2.24, 2.45) is 0 Å². The Morgan fingerprint density at radius 2 is 1.64 bits per heavy atom. The molecule has 0 radical (unpaired) electrons. The average molecular weight is 360 g/mol. The highest BCUT2D eigenvalue weighted by atomic mass is 16.9. The van der Waals surface area contributed by atoms with E-state index in [1.807, 2.05) is 13.8 Å². The molecule has 3 aliphatic heterocycles. The quantitative estimate of drug-likeness (QED) is 0.789. The van der Waals surface area contributed by atoms with Crippen molar-refractivity contribution < 1.29 is 33.9 Å². The molecule has 2 N–H and O–H groups in total. The molecule has 3 rings (SSSR count). The van der Waals surface area contributed by atoms with Crippen LogP contribution in [0.3, 0.4) is 0 Å². The van der Waals surface area contributed by atoms with Crippen LogP contribution in [-0.2, 0) is 23.7 Å². The highest BCUT2D eigenvalue weighted by Gasteiger charge is 2.71. The van der Waals surface area contributed by atoms with Crippen molar-refractivity contribution >= 4 is 0 Å². The van der Waals surface area contributed by atoms with Gasteiger partial charge in [-0.3, -0.25) is 0 Å². The van der Waals surface area contributed by atoms with Crippen molar-refractivity contribution in [3.8, 4) is 0 Å². The van der Waals surface area contributed by atoms with Crippen molar-refractivity contribution in [2.75, 3.05) is 13.2 Å². The summed E-state index contributed by atoms with van der Waals surface area (Å²) in [6.45, 7) is 11.2. The molecular formula is C18H32O7. The number of hydrogen-bond donors (Lipinski definition) is 2. The van der Waals surface area contributed by atoms with Gasteiger partial charge in [0.05, 0.1) is 12.2 Å². The molecule has 0 unspecified atom stereocenters. The minimum absolute atomic E-state index is 0.0487. The van der Waals surface area contributed by atoms with Crippen molar-refractivity contribution in [1.82, 2.24) is 0 Å². The van der Waals surface area contributed by atoms with E-state index in [1.54, 1.807) is 27.7 Å². The smallest absolute Gasteiger partial charge is 0.227 e. The van der Waals surface area contributed by atoms with Crippen LogP contribution in [0.25, 0.3) is 0 Å². The van der Waals surface area contributed by atoms with Crippen LogP contribution in [0.15, 0.2) is 0 Å². The zero-order valence-corrected chi connectivity index (χ0v) is 16.1. The third kappa shape index (κ3) is 3.14. The number of aliphatic hydroxyl groups is 2. The molecule has 7 heteroatoms. The van der Waals surface area contributed by atoms with Crippen molar-refractivity contribution in [3.63, 3.8) is 0 Å². The standard InChI is InChI=1S/C18H32O7/c1-7-16(19,8-2)10-17(20)13-12(23-15(5,6)24-13)9-21-18(17)11-22-14(3,4)25-18/h12-13,19-20H,7-11H2,1-6H3/t12-,13-,17-,18+/m1/s1. The first-order chi connectivity index (χ1) is 11.4. The second kappa shape index (κ2) is 5.86. The molecule has 0 saturated carbocycles. The van der Waals surface area contributed by atoms with Gasteiger partial charge in [0.25, 0.3) is 0 Å². The maximum atomic E-state index is 11.9. The molecule has 3 aliphatic rings. The van der Waals surface area contributed by atoms with Gasteiger partial charge in [-0.15, -0.1) is 0 Å². The van der Waals surface area contributed by atoms with Gasteiger partial charge in [0.1, 0.15) is 18.8 Å². The lowest BCUT2D eigenvalue weighted by Crippen LogP contribution is -2.72. The lowest BCUT2D eigenvalue weighted by molar-refractivity contribution is -0.374. The molecule has 3 saturated heterocycles. The highest BCUT2D eigenvalue weighted by Crippen LogP contribution is 2.52. The Bertz CT molecular complexity index is 514. The molecule has 1 spiro atoms. The van der Waals surface area contributed by atoms with Gasteiger partial charge in [-0.1, -0.05) is 13.8 Å². The molecule has 3 fully saturated rings. The van der Waals surface area contributed by atoms with E-state index in [-0.39, 0.29) is 19.6 Å². The van der Waals surface area contributed by atoms with E-state index < -0.39 is 40.8 Å². The summed E-state index contributed by atoms with van der Waals surface area (Å²) in [5, 5.41) is 22.8. The van der Waals surface area contributed by atoms with E-state index in [9.17, 15) is 10.2 Å². The molecule has 0 aromatic heterocycles. The van der Waals surface area contributed by atoms with Gasteiger partial charge in [0.15, 0.2) is 17.2 Å². The molecular weight excluding hydrogens is 328 g/mol. The van der Waals surface area contributed by atoms with E-state index in [1.165, 1.54) is 0 Å². The summed E-state index contributed by atoms with van der Waals surface area (Å²) in [7, 11) is 0. The van der Waals surface area contributed by atoms with Gasteiger partial charge in [-0.25, -0.2) is 0 Å². The number of rotatable bonds is 4. The Morgan fingerprint density at radius 1 is 1.00 bits per heavy atom. The van der Waals surface area contributed by atoms with Crippen molar-refractivity contribution in [1.29, 1.82) is 0 Å². The van der Waals surface area contributed by atoms with E-state index in [0.29, 0.717) is 12.8 Å². The first kappa shape index (κ1) is 19.5. The summed E-state index contributed by atoms with van der Waals surface area (Å²) in [5.41, 5.74) is -2.68. The molecule has 0 amide bonds. The fraction of sp³-hybridized carbons (Fsp3) is 1.00. The Balaban J connectivity index is 2.02. The topological polar surface area (TPSA) is 86.6 Å². The van der Waals surface area contributed by atoms with Gasteiger partial charge in [-0.05, 0) is 40.5 Å². The molecule has 3 heterocycles. The van der Waals surface area contributed by atoms with Crippen LogP contribution in [0.1, 0.15) is 60.8 Å². The number of ether oxygens (including phenoxy) is 5. The molecule has 0 aliphatic carbocycles. The summed E-state index contributed by atoms with van der Waals surface area (Å²) in [6.07, 6.45) is -0.0801. The third-order valence-electron chi connectivity index (χ3n) is 5.73. The fourth-order valence-electron chi connectivity index (χ4n) is 4.17. The Kier molecular flexibility index (Phi) is 4.56. The maximum Gasteiger partial charge on any atom is 0.227 e. The number of fused-ring (bicyclic) bond motifs is 1. The fourth-order valence-corrected chi connectivity index (χ4v) is 4.17. The molecule has 4 atom stereocenters. The summed E-state index contributed by atoms with van der Waals surface area (Å²) < 4.78 is 29.8. The largest absolute Gasteiger partial charge is 0.390 e. The van der Waals surface area contributed by atoms with Crippen LogP contribution >= 0.6 is 0 Å². The molecule has 0 aromatic rings. The van der Waals surface area contributed by atoms with E-state index in [4.69, 9.17) is 23.7 Å². The second-order valence-electron chi connectivity index (χ2n) is 8.48. The van der Waals surface area contributed by atoms with Gasteiger partial charge in [-0.2, -0.15) is 0 Å². The lowest BCUT2D eigenvalue weighted by Gasteiger charge is -2.52. The zero-order chi connectivity index (χ0) is 18.7. The van der Waals surface area contributed by atoms with Crippen LogP contribution in [0, 0.1) is 0 Å².